The molecular weight excluding hydrogens is 208 g/mol. The lowest BCUT2D eigenvalue weighted by atomic mass is 10.6. The summed E-state index contributed by atoms with van der Waals surface area (Å²) in [7, 11) is -1.00. The summed E-state index contributed by atoms with van der Waals surface area (Å²) in [4.78, 5) is 10.4. The zero-order valence-electron chi connectivity index (χ0n) is 8.17. The molecule has 0 atom stereocenters. The topological polar surface area (TPSA) is 77.9 Å². The molecule has 0 amide bonds. The van der Waals surface area contributed by atoms with Gasteiger partial charge in [-0.3, -0.25) is 4.79 Å². The molecule has 0 aromatic carbocycles. The van der Waals surface area contributed by atoms with Crippen molar-refractivity contribution in [1.82, 2.24) is 8.61 Å². The van der Waals surface area contributed by atoms with Crippen molar-refractivity contribution in [3.05, 3.63) is 12.7 Å². The van der Waals surface area contributed by atoms with Crippen molar-refractivity contribution in [2.45, 2.75) is 0 Å². The minimum atomic E-state index is -3.68. The highest BCUT2D eigenvalue weighted by molar-refractivity contribution is 7.86. The number of carboxylic acids is 1. The number of nitrogens with zero attached hydrogens (tertiary/aromatic N) is 2. The Labute approximate surface area is 83.6 Å². The van der Waals surface area contributed by atoms with Gasteiger partial charge >= 0.3 is 5.97 Å². The van der Waals surface area contributed by atoms with Crippen LogP contribution in [-0.4, -0.2) is 55.3 Å². The maximum absolute atomic E-state index is 11.5. The van der Waals surface area contributed by atoms with Gasteiger partial charge in [-0.05, 0) is 0 Å². The first-order valence-electron chi connectivity index (χ1n) is 3.82. The van der Waals surface area contributed by atoms with Crippen molar-refractivity contribution >= 4 is 16.2 Å². The van der Waals surface area contributed by atoms with E-state index in [0.717, 1.165) is 8.61 Å². The first-order valence-corrected chi connectivity index (χ1v) is 5.22. The van der Waals surface area contributed by atoms with Gasteiger partial charge in [-0.2, -0.15) is 17.0 Å². The molecule has 0 radical (unpaired) electrons. The summed E-state index contributed by atoms with van der Waals surface area (Å²) in [5, 5.41) is 8.50. The van der Waals surface area contributed by atoms with Crippen molar-refractivity contribution < 1.29 is 18.3 Å². The van der Waals surface area contributed by atoms with E-state index in [1.807, 2.05) is 0 Å². The fourth-order valence-electron chi connectivity index (χ4n) is 0.766. The predicted octanol–water partition coefficient (Wildman–Crippen LogP) is -0.635. The van der Waals surface area contributed by atoms with Gasteiger partial charge in [0.05, 0.1) is 0 Å². The molecule has 0 fully saturated rings. The van der Waals surface area contributed by atoms with Gasteiger partial charge in [-0.25, -0.2) is 0 Å². The first kappa shape index (κ1) is 13.1. The van der Waals surface area contributed by atoms with Crippen LogP contribution in [0.2, 0.25) is 0 Å². The Bertz CT molecular complexity index is 310. The summed E-state index contributed by atoms with van der Waals surface area (Å²) in [6.07, 6.45) is 1.34. The summed E-state index contributed by atoms with van der Waals surface area (Å²) >= 11 is 0. The molecule has 0 saturated heterocycles. The maximum atomic E-state index is 11.5. The predicted molar refractivity (Wildman–Crippen MR) is 52.0 cm³/mol. The largest absolute Gasteiger partial charge is 0.480 e. The summed E-state index contributed by atoms with van der Waals surface area (Å²) in [6, 6.07) is 0. The minimum Gasteiger partial charge on any atom is -0.480 e. The highest BCUT2D eigenvalue weighted by Gasteiger charge is 2.25. The number of carbonyl (C=O) groups is 1. The Kier molecular flexibility index (Phi) is 4.75. The Morgan fingerprint density at radius 1 is 1.50 bits per heavy atom. The molecule has 1 N–H and O–H groups in total. The van der Waals surface area contributed by atoms with E-state index in [2.05, 4.69) is 6.58 Å². The summed E-state index contributed by atoms with van der Waals surface area (Å²) in [5.41, 5.74) is 0. The molecule has 0 rings (SSSR count). The summed E-state index contributed by atoms with van der Waals surface area (Å²) in [5.74, 6) is -1.20. The minimum absolute atomic E-state index is 0.0210. The van der Waals surface area contributed by atoms with Gasteiger partial charge in [-0.15, -0.1) is 6.58 Å². The molecule has 0 heterocycles. The monoisotopic (exact) mass is 222 g/mol. The van der Waals surface area contributed by atoms with E-state index < -0.39 is 22.7 Å². The van der Waals surface area contributed by atoms with Crippen LogP contribution in [0.4, 0.5) is 0 Å². The molecule has 0 bridgehead atoms. The molecule has 7 heteroatoms. The van der Waals surface area contributed by atoms with Crippen LogP contribution < -0.4 is 0 Å². The van der Waals surface area contributed by atoms with Crippen LogP contribution in [-0.2, 0) is 15.0 Å². The smallest absolute Gasteiger partial charge is 0.318 e. The van der Waals surface area contributed by atoms with Gasteiger partial charge in [0, 0.05) is 20.6 Å². The van der Waals surface area contributed by atoms with E-state index in [4.69, 9.17) is 5.11 Å². The molecule has 0 aliphatic rings. The maximum Gasteiger partial charge on any atom is 0.318 e. The molecule has 0 aliphatic carbocycles. The lowest BCUT2D eigenvalue weighted by Crippen LogP contribution is -2.42. The summed E-state index contributed by atoms with van der Waals surface area (Å²) in [6.45, 7) is 2.78. The Morgan fingerprint density at radius 2 is 2.00 bits per heavy atom. The number of carboxylic acid groups (broad SMARTS) is 1. The van der Waals surface area contributed by atoms with Crippen LogP contribution in [0.5, 0.6) is 0 Å². The number of rotatable bonds is 6. The third kappa shape index (κ3) is 3.44. The Morgan fingerprint density at radius 3 is 2.29 bits per heavy atom. The second kappa shape index (κ2) is 5.08. The number of hydrogen-bond acceptors (Lipinski definition) is 3. The van der Waals surface area contributed by atoms with E-state index in [1.165, 1.54) is 20.2 Å². The molecule has 0 aromatic rings. The van der Waals surface area contributed by atoms with Crippen molar-refractivity contribution in [3.8, 4) is 0 Å². The Hall–Kier alpha value is -0.920. The fraction of sp³-hybridized carbons (Fsp3) is 0.571. The zero-order valence-corrected chi connectivity index (χ0v) is 8.99. The van der Waals surface area contributed by atoms with Crippen LogP contribution in [0, 0.1) is 0 Å². The highest BCUT2D eigenvalue weighted by atomic mass is 32.2. The Balaban J connectivity index is 4.81. The van der Waals surface area contributed by atoms with Crippen LogP contribution in [0.15, 0.2) is 12.7 Å². The van der Waals surface area contributed by atoms with Crippen LogP contribution >= 0.6 is 0 Å². The highest BCUT2D eigenvalue weighted by Crippen LogP contribution is 2.03. The molecular formula is C7H14N2O4S. The van der Waals surface area contributed by atoms with Gasteiger partial charge in [0.15, 0.2) is 0 Å². The van der Waals surface area contributed by atoms with Gasteiger partial charge < -0.3 is 5.11 Å². The molecule has 0 spiro atoms. The molecule has 0 saturated carbocycles. The van der Waals surface area contributed by atoms with E-state index in [-0.39, 0.29) is 6.54 Å². The van der Waals surface area contributed by atoms with Crippen molar-refractivity contribution in [3.63, 3.8) is 0 Å². The standard InChI is InChI=1S/C7H14N2O4S/c1-4-5-9(6-7(10)11)14(12,13)8(2)3/h4H,1,5-6H2,2-3H3,(H,10,11). The molecule has 14 heavy (non-hydrogen) atoms. The lowest BCUT2D eigenvalue weighted by molar-refractivity contribution is -0.137. The number of hydrogen-bond donors (Lipinski definition) is 1. The van der Waals surface area contributed by atoms with Crippen molar-refractivity contribution in [2.75, 3.05) is 27.2 Å². The van der Waals surface area contributed by atoms with Gasteiger partial charge in [0.1, 0.15) is 6.54 Å². The van der Waals surface area contributed by atoms with Crippen LogP contribution in [0.25, 0.3) is 0 Å². The quantitative estimate of drug-likeness (QED) is 0.607. The normalized spacial score (nSPS) is 12.0. The zero-order chi connectivity index (χ0) is 11.4. The fourth-order valence-corrected chi connectivity index (χ4v) is 1.80. The van der Waals surface area contributed by atoms with Gasteiger partial charge in [0.25, 0.3) is 10.2 Å². The molecule has 0 aromatic heterocycles. The first-order chi connectivity index (χ1) is 6.32. The van der Waals surface area contributed by atoms with Crippen molar-refractivity contribution in [2.24, 2.45) is 0 Å². The molecule has 0 aliphatic heterocycles. The average Bonchev–Trinajstić information content (AvgIpc) is 2.02. The van der Waals surface area contributed by atoms with Gasteiger partial charge in [-0.1, -0.05) is 6.08 Å². The van der Waals surface area contributed by atoms with Gasteiger partial charge in [0.2, 0.25) is 0 Å². The molecule has 0 unspecified atom stereocenters. The van der Waals surface area contributed by atoms with Crippen LogP contribution in [0.1, 0.15) is 0 Å². The van der Waals surface area contributed by atoms with E-state index in [9.17, 15) is 13.2 Å². The third-order valence-electron chi connectivity index (χ3n) is 1.43. The molecule has 6 nitrogen and oxygen atoms in total. The van der Waals surface area contributed by atoms with Crippen molar-refractivity contribution in [1.29, 1.82) is 0 Å². The lowest BCUT2D eigenvalue weighted by Gasteiger charge is -2.22. The van der Waals surface area contributed by atoms with E-state index >= 15 is 0 Å². The summed E-state index contributed by atoms with van der Waals surface area (Å²) < 4.78 is 24.8. The average molecular weight is 222 g/mol. The van der Waals surface area contributed by atoms with E-state index in [1.54, 1.807) is 0 Å². The number of aliphatic carboxylic acids is 1. The van der Waals surface area contributed by atoms with Crippen LogP contribution in [0.3, 0.4) is 0 Å². The second-order valence-corrected chi connectivity index (χ2v) is 4.91. The van der Waals surface area contributed by atoms with E-state index in [0.29, 0.717) is 0 Å². The molecule has 82 valence electrons. The SMILES string of the molecule is C=CCN(CC(=O)O)S(=O)(=O)N(C)C. The second-order valence-electron chi connectivity index (χ2n) is 2.77. The third-order valence-corrected chi connectivity index (χ3v) is 3.29.